The summed E-state index contributed by atoms with van der Waals surface area (Å²) in [5.74, 6) is 0. The Morgan fingerprint density at radius 1 is 0.306 bits per heavy atom. The van der Waals surface area contributed by atoms with Crippen LogP contribution in [0.2, 0.25) is 0 Å². The van der Waals surface area contributed by atoms with Gasteiger partial charge < -0.3 is 18.9 Å². The minimum absolute atomic E-state index is 0. The molecule has 0 amide bonds. The molecule has 2 heterocycles. The van der Waals surface area contributed by atoms with Crippen molar-refractivity contribution >= 4 is 95.3 Å². The van der Waals surface area contributed by atoms with E-state index in [0.29, 0.717) is 0 Å². The molecule has 0 atom stereocenters. The summed E-state index contributed by atoms with van der Waals surface area (Å²) in [5, 5.41) is 16.9. The van der Waals surface area contributed by atoms with Crippen molar-refractivity contribution in [2.75, 3.05) is 26.4 Å². The van der Waals surface area contributed by atoms with Crippen LogP contribution in [0, 0.1) is 0 Å². The zero-order valence-electron chi connectivity index (χ0n) is 49.4. The van der Waals surface area contributed by atoms with Gasteiger partial charge in [0.25, 0.3) is 0 Å². The van der Waals surface area contributed by atoms with E-state index in [1.807, 2.05) is 0 Å². The normalized spacial score (nSPS) is 14.3. The zero-order valence-corrected chi connectivity index (χ0v) is 54.1. The van der Waals surface area contributed by atoms with Crippen LogP contribution in [0.25, 0.3) is 0 Å². The van der Waals surface area contributed by atoms with Crippen LogP contribution in [0.1, 0.15) is 77.3 Å². The Balaban J connectivity index is 0.000000187. The fourth-order valence-corrected chi connectivity index (χ4v) is 22.1. The first kappa shape index (κ1) is 62.6. The van der Waals surface area contributed by atoms with Crippen molar-refractivity contribution in [1.29, 1.82) is 0 Å². The van der Waals surface area contributed by atoms with Gasteiger partial charge in [0, 0.05) is 0 Å². The van der Waals surface area contributed by atoms with Gasteiger partial charge in [-0.1, -0.05) is 313 Å². The number of ether oxygens (including phenoxy) is 4. The van der Waals surface area contributed by atoms with E-state index >= 15 is 0 Å². The maximum absolute atomic E-state index is 5.93. The second-order valence-electron chi connectivity index (χ2n) is 22.9. The predicted molar refractivity (Wildman–Crippen MR) is 364 cm³/mol. The minimum Gasteiger partial charge on any atom is -0.353 e. The summed E-state index contributed by atoms with van der Waals surface area (Å²) in [5.41, 5.74) is 2.75. The van der Waals surface area contributed by atoms with Gasteiger partial charge in [0.2, 0.25) is 0 Å². The predicted octanol–water partition coefficient (Wildman–Crippen LogP) is 13.5. The van der Waals surface area contributed by atoms with E-state index in [1.54, 1.807) is 0 Å². The molecular weight excluding hydrogens is 1160 g/mol. The molecule has 10 aromatic carbocycles. The Morgan fingerprint density at radius 3 is 0.659 bits per heavy atom. The molecular formula is C76H78FeO4P4. The summed E-state index contributed by atoms with van der Waals surface area (Å²) in [4.78, 5) is 0. The summed E-state index contributed by atoms with van der Waals surface area (Å²) in [6.45, 7) is 12.7. The van der Waals surface area contributed by atoms with Crippen LogP contribution in [0.3, 0.4) is 0 Å². The maximum atomic E-state index is 5.93. The van der Waals surface area contributed by atoms with Crippen molar-refractivity contribution in [2.24, 2.45) is 0 Å². The molecule has 2 aliphatic heterocycles. The fourth-order valence-electron chi connectivity index (χ4n) is 11.4. The molecule has 0 unspecified atom stereocenters. The monoisotopic (exact) mass is 1230 g/mol. The molecule has 0 N–H and O–H groups in total. The first-order valence-corrected chi connectivity index (χ1v) is 35.3. The van der Waals surface area contributed by atoms with Crippen molar-refractivity contribution in [3.63, 3.8) is 0 Å². The fraction of sp³-hybridized carbons (Fsp3) is 0.237. The summed E-state index contributed by atoms with van der Waals surface area (Å²) in [6, 6.07) is 99.1. The van der Waals surface area contributed by atoms with Crippen molar-refractivity contribution in [1.82, 2.24) is 0 Å². The van der Waals surface area contributed by atoms with Gasteiger partial charge in [0.05, 0.1) is 26.4 Å². The van der Waals surface area contributed by atoms with E-state index < -0.39 is 31.7 Å². The Labute approximate surface area is 522 Å². The van der Waals surface area contributed by atoms with Gasteiger partial charge in [-0.25, -0.2) is 0 Å². The SMILES string of the molecule is CC(C)(CCC1OCCCO1)[c-]1cc(P(c2ccccc2)c2ccccc2)c(P(c2ccccc2)c2ccccc2)c1.CC(C)(CCC1OCCCO1)[c-]1cc(P(c2ccccc2)c2ccccc2)c(P(c2ccccc2)c2ccccc2)c1.[Fe+2]. The molecule has 12 rings (SSSR count). The minimum atomic E-state index is -0.761. The molecule has 85 heavy (non-hydrogen) atoms. The van der Waals surface area contributed by atoms with E-state index in [2.05, 4.69) is 295 Å². The van der Waals surface area contributed by atoms with Gasteiger partial charge in [-0.2, -0.15) is 56.6 Å². The van der Waals surface area contributed by atoms with Crippen molar-refractivity contribution < 1.29 is 36.0 Å². The van der Waals surface area contributed by atoms with Crippen molar-refractivity contribution in [3.8, 4) is 0 Å². The molecule has 10 aromatic rings. The average Bonchev–Trinajstić information content (AvgIpc) is 2.63. The molecule has 0 spiro atoms. The maximum Gasteiger partial charge on any atom is 2.00 e. The van der Waals surface area contributed by atoms with Crippen molar-refractivity contribution in [2.45, 2.75) is 89.6 Å². The van der Waals surface area contributed by atoms with Gasteiger partial charge >= 0.3 is 17.1 Å². The van der Waals surface area contributed by atoms with Gasteiger partial charge in [-0.15, -0.1) is 0 Å². The third-order valence-corrected chi connectivity index (χ3v) is 26.4. The molecule has 9 heteroatoms. The third kappa shape index (κ3) is 15.8. The second-order valence-corrected chi connectivity index (χ2v) is 31.7. The van der Waals surface area contributed by atoms with E-state index in [-0.39, 0.29) is 40.5 Å². The van der Waals surface area contributed by atoms with Gasteiger partial charge in [0.15, 0.2) is 12.6 Å². The van der Waals surface area contributed by atoms with Crippen molar-refractivity contribution in [3.05, 3.63) is 278 Å². The molecule has 0 aliphatic carbocycles. The summed E-state index contributed by atoms with van der Waals surface area (Å²) < 4.78 is 23.7. The van der Waals surface area contributed by atoms with Crippen LogP contribution < -0.4 is 63.7 Å². The quantitative estimate of drug-likeness (QED) is 0.0433. The smallest absolute Gasteiger partial charge is 0.353 e. The molecule has 0 saturated carbocycles. The summed E-state index contributed by atoms with van der Waals surface area (Å²) in [6.07, 6.45) is 5.60. The number of hydrogen-bond acceptors (Lipinski definition) is 4. The molecule has 434 valence electrons. The molecule has 2 saturated heterocycles. The van der Waals surface area contributed by atoms with E-state index in [0.717, 1.165) is 65.0 Å². The standard InChI is InChI=1S/2C38H39O2P2.Fe/c2*1-38(2,25-24-37-39-26-15-27-40-37)30-28-35(41(31-16-7-3-8-17-31)32-18-9-4-10-19-32)36(29-30)42(33-20-11-5-12-21-33)34-22-13-6-14-23-34;/h2*3-14,16-23,28-29,37H,15,24-27H2,1-2H3;/q2*-1;+2. The van der Waals surface area contributed by atoms with Gasteiger partial charge in [0.1, 0.15) is 0 Å². The molecule has 0 radical (unpaired) electrons. The Morgan fingerprint density at radius 2 is 0.482 bits per heavy atom. The van der Waals surface area contributed by atoms with Gasteiger partial charge in [-0.05, 0) is 81.0 Å². The van der Waals surface area contributed by atoms with Crippen LogP contribution in [-0.2, 0) is 46.8 Å². The first-order valence-electron chi connectivity index (χ1n) is 29.9. The molecule has 0 aromatic heterocycles. The number of hydrogen-bond donors (Lipinski definition) is 0. The second kappa shape index (κ2) is 30.4. The first-order chi connectivity index (χ1) is 41.2. The Hall–Kier alpha value is -5.46. The van der Waals surface area contributed by atoms with E-state index in [1.165, 1.54) is 74.8 Å². The Bertz CT molecular complexity index is 2940. The van der Waals surface area contributed by atoms with Crippen LogP contribution in [-0.4, -0.2) is 39.0 Å². The number of rotatable bonds is 20. The van der Waals surface area contributed by atoms with Crippen LogP contribution in [0.15, 0.2) is 267 Å². The van der Waals surface area contributed by atoms with Crippen LogP contribution in [0.5, 0.6) is 0 Å². The third-order valence-electron chi connectivity index (χ3n) is 16.1. The molecule has 4 nitrogen and oxygen atoms in total. The molecule has 0 bridgehead atoms. The van der Waals surface area contributed by atoms with E-state index in [9.17, 15) is 0 Å². The summed E-state index contributed by atoms with van der Waals surface area (Å²) in [7, 11) is -3.04. The molecule has 2 fully saturated rings. The zero-order chi connectivity index (χ0) is 57.6. The Kier molecular flexibility index (Phi) is 22.4. The largest absolute Gasteiger partial charge is 2.00 e. The van der Waals surface area contributed by atoms with Gasteiger partial charge in [-0.3, -0.25) is 0 Å². The van der Waals surface area contributed by atoms with Crippen LogP contribution >= 0.6 is 31.7 Å². The topological polar surface area (TPSA) is 36.9 Å². The van der Waals surface area contributed by atoms with E-state index in [4.69, 9.17) is 18.9 Å². The van der Waals surface area contributed by atoms with Crippen LogP contribution in [0.4, 0.5) is 0 Å². The average molecular weight is 1240 g/mol. The summed E-state index contributed by atoms with van der Waals surface area (Å²) >= 11 is 0. The molecule has 2 aliphatic rings. The number of benzene rings is 8.